The lowest BCUT2D eigenvalue weighted by molar-refractivity contribution is 0.0697. The van der Waals surface area contributed by atoms with Crippen LogP contribution in [0.5, 0.6) is 0 Å². The molecule has 2 heteroatoms. The van der Waals surface area contributed by atoms with Gasteiger partial charge in [-0.2, -0.15) is 0 Å². The number of carboxylic acid groups (broad SMARTS) is 1. The molecule has 0 aliphatic heterocycles. The molecule has 1 unspecified atom stereocenters. The number of carboxylic acids is 1. The number of benzene rings is 1. The normalized spacial score (nSPS) is 14.6. The SMILES string of the molecule is CC(C)(C)CCC(C)(C)CC(C)(C)CC(CCc1ccc(C(=O)O)cc1)C(C)(C)C. The van der Waals surface area contributed by atoms with E-state index in [2.05, 4.69) is 69.2 Å². The minimum absolute atomic E-state index is 0.258. The number of hydrogen-bond donors (Lipinski definition) is 1. The molecular weight excluding hydrogens is 368 g/mol. The van der Waals surface area contributed by atoms with E-state index in [1.54, 1.807) is 12.1 Å². The third kappa shape index (κ3) is 10.1. The van der Waals surface area contributed by atoms with Crippen molar-refractivity contribution in [3.8, 4) is 0 Å². The van der Waals surface area contributed by atoms with Crippen molar-refractivity contribution in [3.05, 3.63) is 35.4 Å². The van der Waals surface area contributed by atoms with E-state index in [0.29, 0.717) is 27.7 Å². The molecule has 0 aromatic heterocycles. The van der Waals surface area contributed by atoms with E-state index in [1.807, 2.05) is 12.1 Å². The summed E-state index contributed by atoms with van der Waals surface area (Å²) in [6.45, 7) is 23.9. The molecule has 0 aliphatic rings. The van der Waals surface area contributed by atoms with Crippen LogP contribution in [0.1, 0.15) is 117 Å². The number of aryl methyl sites for hydroxylation is 1. The molecule has 0 heterocycles. The lowest BCUT2D eigenvalue weighted by atomic mass is 9.64. The third-order valence-corrected chi connectivity index (χ3v) is 6.51. The second kappa shape index (κ2) is 9.88. The van der Waals surface area contributed by atoms with E-state index in [4.69, 9.17) is 5.11 Å². The van der Waals surface area contributed by atoms with Gasteiger partial charge in [0.2, 0.25) is 0 Å². The predicted octanol–water partition coefficient (Wildman–Crippen LogP) is 8.64. The Morgan fingerprint density at radius 3 is 1.80 bits per heavy atom. The van der Waals surface area contributed by atoms with Gasteiger partial charge in [-0.3, -0.25) is 0 Å². The van der Waals surface area contributed by atoms with E-state index < -0.39 is 5.97 Å². The van der Waals surface area contributed by atoms with Gasteiger partial charge in [0.15, 0.2) is 0 Å². The molecule has 1 atom stereocenters. The Hall–Kier alpha value is -1.31. The maximum atomic E-state index is 11.1. The fourth-order valence-electron chi connectivity index (χ4n) is 4.83. The minimum atomic E-state index is -0.857. The molecule has 1 aromatic carbocycles. The summed E-state index contributed by atoms with van der Waals surface area (Å²) in [5.74, 6) is -0.227. The Balaban J connectivity index is 2.79. The van der Waals surface area contributed by atoms with Crippen LogP contribution >= 0.6 is 0 Å². The molecule has 2 nitrogen and oxygen atoms in total. The summed E-state index contributed by atoms with van der Waals surface area (Å²) < 4.78 is 0. The fraction of sp³-hybridized carbons (Fsp3) is 0.750. The molecule has 172 valence electrons. The van der Waals surface area contributed by atoms with Crippen molar-refractivity contribution in [3.63, 3.8) is 0 Å². The Morgan fingerprint density at radius 2 is 1.37 bits per heavy atom. The molecule has 1 rings (SSSR count). The standard InChI is InChI=1S/C28H48O2/c1-25(2,3)17-18-27(7,8)20-28(9,10)19-23(26(4,5)6)16-13-21-11-14-22(15-12-21)24(29)30/h11-12,14-15,23H,13,16-20H2,1-10H3,(H,29,30). The van der Waals surface area contributed by atoms with Crippen molar-refractivity contribution < 1.29 is 9.90 Å². The van der Waals surface area contributed by atoms with E-state index in [-0.39, 0.29) is 5.41 Å². The first-order valence-corrected chi connectivity index (χ1v) is 11.7. The van der Waals surface area contributed by atoms with Gasteiger partial charge >= 0.3 is 5.97 Å². The summed E-state index contributed by atoms with van der Waals surface area (Å²) in [7, 11) is 0. The van der Waals surface area contributed by atoms with Crippen LogP contribution in [-0.4, -0.2) is 11.1 Å². The first kappa shape index (κ1) is 26.7. The van der Waals surface area contributed by atoms with E-state index >= 15 is 0 Å². The molecule has 0 saturated heterocycles. The molecule has 1 aromatic rings. The summed E-state index contributed by atoms with van der Waals surface area (Å²) in [6.07, 6.45) is 7.16. The molecule has 0 saturated carbocycles. The van der Waals surface area contributed by atoms with Crippen LogP contribution in [0.3, 0.4) is 0 Å². The smallest absolute Gasteiger partial charge is 0.335 e. The largest absolute Gasteiger partial charge is 0.478 e. The number of rotatable bonds is 10. The average Bonchev–Trinajstić information content (AvgIpc) is 2.55. The third-order valence-electron chi connectivity index (χ3n) is 6.51. The average molecular weight is 417 g/mol. The highest BCUT2D eigenvalue weighted by molar-refractivity contribution is 5.87. The number of aromatic carboxylic acids is 1. The highest BCUT2D eigenvalue weighted by atomic mass is 16.4. The van der Waals surface area contributed by atoms with Gasteiger partial charge in [-0.05, 0) is 83.8 Å². The fourth-order valence-corrected chi connectivity index (χ4v) is 4.83. The predicted molar refractivity (Wildman–Crippen MR) is 130 cm³/mol. The summed E-state index contributed by atoms with van der Waals surface area (Å²) in [4.78, 5) is 11.1. The van der Waals surface area contributed by atoms with Crippen LogP contribution in [-0.2, 0) is 6.42 Å². The second-order valence-electron chi connectivity index (χ2n) is 13.4. The van der Waals surface area contributed by atoms with E-state index in [9.17, 15) is 4.79 Å². The first-order chi connectivity index (χ1) is 13.4. The molecule has 0 aliphatic carbocycles. The van der Waals surface area contributed by atoms with E-state index in [1.165, 1.54) is 31.2 Å². The zero-order chi connectivity index (χ0) is 23.4. The Morgan fingerprint density at radius 1 is 0.833 bits per heavy atom. The molecule has 30 heavy (non-hydrogen) atoms. The molecular formula is C28H48O2. The van der Waals surface area contributed by atoms with Gasteiger partial charge in [-0.15, -0.1) is 0 Å². The number of hydrogen-bond acceptors (Lipinski definition) is 1. The first-order valence-electron chi connectivity index (χ1n) is 11.7. The van der Waals surface area contributed by atoms with Crippen LogP contribution in [0, 0.1) is 27.6 Å². The van der Waals surface area contributed by atoms with Crippen LogP contribution < -0.4 is 0 Å². The highest BCUT2D eigenvalue weighted by Gasteiger charge is 2.35. The van der Waals surface area contributed by atoms with Crippen LogP contribution in [0.15, 0.2) is 24.3 Å². The quantitative estimate of drug-likeness (QED) is 0.414. The van der Waals surface area contributed by atoms with Gasteiger partial charge < -0.3 is 5.11 Å². The molecule has 0 fully saturated rings. The van der Waals surface area contributed by atoms with Gasteiger partial charge in [0.05, 0.1) is 5.56 Å². The van der Waals surface area contributed by atoms with Crippen molar-refractivity contribution in [2.75, 3.05) is 0 Å². The van der Waals surface area contributed by atoms with E-state index in [0.717, 1.165) is 12.8 Å². The van der Waals surface area contributed by atoms with Gasteiger partial charge in [-0.25, -0.2) is 4.79 Å². The Labute approximate surface area is 186 Å². The molecule has 0 amide bonds. The molecule has 1 N–H and O–H groups in total. The van der Waals surface area contributed by atoms with Crippen LogP contribution in [0.25, 0.3) is 0 Å². The summed E-state index contributed by atoms with van der Waals surface area (Å²) in [5, 5.41) is 9.10. The van der Waals surface area contributed by atoms with Crippen molar-refractivity contribution in [2.24, 2.45) is 27.6 Å². The Kier molecular flexibility index (Phi) is 8.80. The lowest BCUT2D eigenvalue weighted by Crippen LogP contribution is -2.31. The maximum absolute atomic E-state index is 11.1. The van der Waals surface area contributed by atoms with Gasteiger partial charge in [0.25, 0.3) is 0 Å². The summed E-state index contributed by atoms with van der Waals surface area (Å²) >= 11 is 0. The van der Waals surface area contributed by atoms with Crippen molar-refractivity contribution >= 4 is 5.97 Å². The zero-order valence-electron chi connectivity index (χ0n) is 21.5. The van der Waals surface area contributed by atoms with Gasteiger partial charge in [-0.1, -0.05) is 81.4 Å². The molecule has 0 bridgehead atoms. The monoisotopic (exact) mass is 416 g/mol. The van der Waals surface area contributed by atoms with Crippen molar-refractivity contribution in [1.82, 2.24) is 0 Å². The van der Waals surface area contributed by atoms with Gasteiger partial charge in [0, 0.05) is 0 Å². The lowest BCUT2D eigenvalue weighted by Gasteiger charge is -2.42. The Bertz CT molecular complexity index is 666. The second-order valence-corrected chi connectivity index (χ2v) is 13.4. The van der Waals surface area contributed by atoms with Crippen molar-refractivity contribution in [2.45, 2.75) is 108 Å². The summed E-state index contributed by atoms with van der Waals surface area (Å²) in [5.41, 5.74) is 2.90. The zero-order valence-corrected chi connectivity index (χ0v) is 21.5. The van der Waals surface area contributed by atoms with Crippen LogP contribution in [0.2, 0.25) is 0 Å². The minimum Gasteiger partial charge on any atom is -0.478 e. The molecule has 0 radical (unpaired) electrons. The van der Waals surface area contributed by atoms with Gasteiger partial charge in [0.1, 0.15) is 0 Å². The van der Waals surface area contributed by atoms with Crippen LogP contribution in [0.4, 0.5) is 0 Å². The molecule has 0 spiro atoms. The topological polar surface area (TPSA) is 37.3 Å². The summed E-state index contributed by atoms with van der Waals surface area (Å²) in [6, 6.07) is 7.41. The number of carbonyl (C=O) groups is 1. The highest BCUT2D eigenvalue weighted by Crippen LogP contribution is 2.46. The van der Waals surface area contributed by atoms with Crippen molar-refractivity contribution in [1.29, 1.82) is 0 Å². The maximum Gasteiger partial charge on any atom is 0.335 e.